The maximum Gasteiger partial charge on any atom is 0.0429 e. The molecule has 0 aliphatic rings. The van der Waals surface area contributed by atoms with E-state index in [4.69, 9.17) is 0 Å². The van der Waals surface area contributed by atoms with Crippen LogP contribution in [-0.2, 0) is 6.42 Å². The molecule has 0 aliphatic carbocycles. The van der Waals surface area contributed by atoms with E-state index in [9.17, 15) is 0 Å². The number of hydrogen-bond acceptors (Lipinski definition) is 2. The highest BCUT2D eigenvalue weighted by Crippen LogP contribution is 2.31. The number of thiophene rings is 1. The van der Waals surface area contributed by atoms with E-state index in [0.29, 0.717) is 6.04 Å². The van der Waals surface area contributed by atoms with Crippen LogP contribution in [0.15, 0.2) is 40.2 Å². The van der Waals surface area contributed by atoms with Gasteiger partial charge in [0.1, 0.15) is 0 Å². The van der Waals surface area contributed by atoms with Gasteiger partial charge in [-0.2, -0.15) is 0 Å². The highest BCUT2D eigenvalue weighted by molar-refractivity contribution is 9.10. The molecule has 2 rings (SSSR count). The fraction of sp³-hybridized carbons (Fsp3) is 0.375. The summed E-state index contributed by atoms with van der Waals surface area (Å²) < 4.78 is 1.23. The summed E-state index contributed by atoms with van der Waals surface area (Å²) in [4.78, 5) is 1.41. The number of aryl methyl sites for hydroxylation is 2. The molecule has 0 amide bonds. The molecule has 0 radical (unpaired) electrons. The standard InChI is InChI=1S/C16H20BrNS/c1-3-18-15(16-14(17)10-11-19-16)9-8-13-7-5-4-6-12(13)2/h4-7,10-11,15,18H,3,8-9H2,1-2H3. The molecule has 0 fully saturated rings. The van der Waals surface area contributed by atoms with E-state index >= 15 is 0 Å². The molecule has 1 unspecified atom stereocenters. The number of hydrogen-bond donors (Lipinski definition) is 1. The minimum absolute atomic E-state index is 0.444. The Kier molecular flexibility index (Phi) is 5.61. The van der Waals surface area contributed by atoms with Gasteiger partial charge in [-0.15, -0.1) is 11.3 Å². The second kappa shape index (κ2) is 7.22. The van der Waals surface area contributed by atoms with E-state index in [0.717, 1.165) is 19.4 Å². The van der Waals surface area contributed by atoms with Crippen LogP contribution in [0.5, 0.6) is 0 Å². The zero-order valence-corrected chi connectivity index (χ0v) is 13.9. The lowest BCUT2D eigenvalue weighted by atomic mass is 10.0. The second-order valence-corrected chi connectivity index (χ2v) is 6.51. The van der Waals surface area contributed by atoms with Gasteiger partial charge in [0, 0.05) is 15.4 Å². The number of nitrogens with one attached hydrogen (secondary N) is 1. The summed E-state index contributed by atoms with van der Waals surface area (Å²) in [6.45, 7) is 5.36. The van der Waals surface area contributed by atoms with Gasteiger partial charge in [0.05, 0.1) is 0 Å². The maximum absolute atomic E-state index is 3.65. The first-order valence-electron chi connectivity index (χ1n) is 6.73. The van der Waals surface area contributed by atoms with Crippen molar-refractivity contribution in [3.8, 4) is 0 Å². The van der Waals surface area contributed by atoms with Gasteiger partial charge in [0.15, 0.2) is 0 Å². The van der Waals surface area contributed by atoms with E-state index in [2.05, 4.69) is 70.8 Å². The van der Waals surface area contributed by atoms with Crippen molar-refractivity contribution in [3.63, 3.8) is 0 Å². The molecule has 0 aliphatic heterocycles. The molecule has 0 bridgehead atoms. The fourth-order valence-corrected chi connectivity index (χ4v) is 4.08. The summed E-state index contributed by atoms with van der Waals surface area (Å²) in [6.07, 6.45) is 2.26. The zero-order valence-electron chi connectivity index (χ0n) is 11.4. The number of benzene rings is 1. The average Bonchev–Trinajstić information content (AvgIpc) is 2.82. The Bertz CT molecular complexity index is 521. The summed E-state index contributed by atoms with van der Waals surface area (Å²) in [5.74, 6) is 0. The van der Waals surface area contributed by atoms with Crippen molar-refractivity contribution in [2.45, 2.75) is 32.7 Å². The Morgan fingerprint density at radius 1 is 1.26 bits per heavy atom. The molecule has 1 atom stereocenters. The molecule has 2 aromatic rings. The third-order valence-corrected chi connectivity index (χ3v) is 5.36. The molecule has 1 aromatic heterocycles. The normalized spacial score (nSPS) is 12.6. The first-order valence-corrected chi connectivity index (χ1v) is 8.40. The van der Waals surface area contributed by atoms with E-state index < -0.39 is 0 Å². The van der Waals surface area contributed by atoms with Gasteiger partial charge in [-0.1, -0.05) is 31.2 Å². The molecule has 0 spiro atoms. The Morgan fingerprint density at radius 2 is 2.05 bits per heavy atom. The van der Waals surface area contributed by atoms with Crippen LogP contribution in [-0.4, -0.2) is 6.54 Å². The van der Waals surface area contributed by atoms with Crippen LogP contribution < -0.4 is 5.32 Å². The second-order valence-electron chi connectivity index (χ2n) is 4.71. The first kappa shape index (κ1) is 14.8. The van der Waals surface area contributed by atoms with Crippen LogP contribution in [0.25, 0.3) is 0 Å². The van der Waals surface area contributed by atoms with Gasteiger partial charge in [0.25, 0.3) is 0 Å². The molecule has 1 N–H and O–H groups in total. The molecule has 1 aromatic carbocycles. The third-order valence-electron chi connectivity index (χ3n) is 3.38. The van der Waals surface area contributed by atoms with Crippen molar-refractivity contribution in [1.82, 2.24) is 5.32 Å². The molecule has 0 saturated carbocycles. The van der Waals surface area contributed by atoms with Crippen LogP contribution in [0.4, 0.5) is 0 Å². The Morgan fingerprint density at radius 3 is 2.68 bits per heavy atom. The lowest BCUT2D eigenvalue weighted by Gasteiger charge is -2.18. The topological polar surface area (TPSA) is 12.0 Å². The molecule has 19 heavy (non-hydrogen) atoms. The number of rotatable bonds is 6. The van der Waals surface area contributed by atoms with Crippen LogP contribution in [0.2, 0.25) is 0 Å². The van der Waals surface area contributed by atoms with Crippen molar-refractivity contribution >= 4 is 27.3 Å². The van der Waals surface area contributed by atoms with E-state index in [-0.39, 0.29) is 0 Å². The highest BCUT2D eigenvalue weighted by Gasteiger charge is 2.15. The largest absolute Gasteiger partial charge is 0.309 e. The third kappa shape index (κ3) is 3.91. The molecule has 3 heteroatoms. The predicted molar refractivity (Wildman–Crippen MR) is 87.9 cm³/mol. The van der Waals surface area contributed by atoms with Crippen LogP contribution >= 0.6 is 27.3 Å². The van der Waals surface area contributed by atoms with Crippen molar-refractivity contribution in [2.75, 3.05) is 6.54 Å². The summed E-state index contributed by atoms with van der Waals surface area (Å²) in [6, 6.07) is 11.2. The first-order chi connectivity index (χ1) is 9.22. The lowest BCUT2D eigenvalue weighted by Crippen LogP contribution is -2.21. The summed E-state index contributed by atoms with van der Waals surface area (Å²) in [5, 5.41) is 5.75. The SMILES string of the molecule is CCNC(CCc1ccccc1C)c1sccc1Br. The smallest absolute Gasteiger partial charge is 0.0429 e. The molecule has 102 valence electrons. The van der Waals surface area contributed by atoms with E-state index in [1.807, 2.05) is 11.3 Å². The lowest BCUT2D eigenvalue weighted by molar-refractivity contribution is 0.521. The van der Waals surface area contributed by atoms with Gasteiger partial charge in [-0.25, -0.2) is 0 Å². The minimum atomic E-state index is 0.444. The molecule has 1 nitrogen and oxygen atoms in total. The van der Waals surface area contributed by atoms with Gasteiger partial charge < -0.3 is 5.32 Å². The molecule has 1 heterocycles. The van der Waals surface area contributed by atoms with Gasteiger partial charge in [-0.05, 0) is 64.8 Å². The van der Waals surface area contributed by atoms with Gasteiger partial charge >= 0.3 is 0 Å². The summed E-state index contributed by atoms with van der Waals surface area (Å²) in [7, 11) is 0. The van der Waals surface area contributed by atoms with Gasteiger partial charge in [0.2, 0.25) is 0 Å². The Balaban J connectivity index is 2.06. The average molecular weight is 338 g/mol. The van der Waals surface area contributed by atoms with Crippen LogP contribution in [0.3, 0.4) is 0 Å². The Labute approximate surface area is 128 Å². The number of halogens is 1. The van der Waals surface area contributed by atoms with Crippen molar-refractivity contribution in [1.29, 1.82) is 0 Å². The summed E-state index contributed by atoms with van der Waals surface area (Å²) in [5.41, 5.74) is 2.85. The zero-order chi connectivity index (χ0) is 13.7. The molecule has 0 saturated heterocycles. The van der Waals surface area contributed by atoms with Crippen molar-refractivity contribution < 1.29 is 0 Å². The van der Waals surface area contributed by atoms with Crippen LogP contribution in [0, 0.1) is 6.92 Å². The predicted octanol–water partition coefficient (Wildman–Crippen LogP) is 5.10. The van der Waals surface area contributed by atoms with Gasteiger partial charge in [-0.3, -0.25) is 0 Å². The summed E-state index contributed by atoms with van der Waals surface area (Å²) >= 11 is 5.48. The molecular formula is C16H20BrNS. The van der Waals surface area contributed by atoms with E-state index in [1.165, 1.54) is 20.5 Å². The van der Waals surface area contributed by atoms with Crippen LogP contribution in [0.1, 0.15) is 35.4 Å². The minimum Gasteiger partial charge on any atom is -0.309 e. The highest BCUT2D eigenvalue weighted by atomic mass is 79.9. The fourth-order valence-electron chi connectivity index (χ4n) is 2.32. The molecular weight excluding hydrogens is 318 g/mol. The maximum atomic E-state index is 3.65. The Hall–Kier alpha value is -0.640. The van der Waals surface area contributed by atoms with Crippen molar-refractivity contribution in [3.05, 3.63) is 56.2 Å². The quantitative estimate of drug-likeness (QED) is 0.772. The monoisotopic (exact) mass is 337 g/mol. The van der Waals surface area contributed by atoms with Crippen molar-refractivity contribution in [2.24, 2.45) is 0 Å². The van der Waals surface area contributed by atoms with E-state index in [1.54, 1.807) is 0 Å².